The zero-order valence-corrected chi connectivity index (χ0v) is 15.8. The van der Waals surface area contributed by atoms with E-state index < -0.39 is 6.09 Å². The number of ether oxygens (including phenoxy) is 2. The number of aromatic nitrogens is 1. The van der Waals surface area contributed by atoms with Gasteiger partial charge in [-0.15, -0.1) is 0 Å². The lowest BCUT2D eigenvalue weighted by Crippen LogP contribution is -2.11. The van der Waals surface area contributed by atoms with Crippen LogP contribution in [0, 0.1) is 18.3 Å². The highest BCUT2D eigenvalue weighted by Gasteiger charge is 2.19. The summed E-state index contributed by atoms with van der Waals surface area (Å²) in [6, 6.07) is 13.8. The molecular weight excluding hydrogens is 342 g/mol. The Morgan fingerprint density at radius 2 is 2.00 bits per heavy atom. The monoisotopic (exact) mass is 363 g/mol. The van der Waals surface area contributed by atoms with E-state index in [1.165, 1.54) is 7.11 Å². The number of hydrogen-bond donors (Lipinski definition) is 1. The summed E-state index contributed by atoms with van der Waals surface area (Å²) in [6.45, 7) is 4.66. The minimum absolute atomic E-state index is 0.515. The van der Waals surface area contributed by atoms with Gasteiger partial charge in [-0.25, -0.2) is 4.79 Å². The van der Waals surface area contributed by atoms with Gasteiger partial charge in [0.05, 0.1) is 31.0 Å². The van der Waals surface area contributed by atoms with Gasteiger partial charge in [-0.2, -0.15) is 5.26 Å². The third kappa shape index (κ3) is 3.20. The number of amides is 1. The molecule has 1 heterocycles. The third-order valence-corrected chi connectivity index (χ3v) is 4.62. The second-order valence-electron chi connectivity index (χ2n) is 6.11. The molecule has 0 aliphatic rings. The van der Waals surface area contributed by atoms with Gasteiger partial charge in [-0.1, -0.05) is 6.07 Å². The Labute approximate surface area is 157 Å². The Hall–Kier alpha value is -3.46. The summed E-state index contributed by atoms with van der Waals surface area (Å²) in [4.78, 5) is 11.5. The highest BCUT2D eigenvalue weighted by molar-refractivity contribution is 5.96. The van der Waals surface area contributed by atoms with Gasteiger partial charge in [0.25, 0.3) is 0 Å². The predicted molar refractivity (Wildman–Crippen MR) is 105 cm³/mol. The molecule has 6 nitrogen and oxygen atoms in total. The van der Waals surface area contributed by atoms with Gasteiger partial charge in [-0.05, 0) is 49.2 Å². The first kappa shape index (κ1) is 18.3. The molecule has 3 aromatic rings. The third-order valence-electron chi connectivity index (χ3n) is 4.62. The largest absolute Gasteiger partial charge is 0.497 e. The van der Waals surface area contributed by atoms with Crippen molar-refractivity contribution < 1.29 is 14.3 Å². The van der Waals surface area contributed by atoms with Gasteiger partial charge < -0.3 is 14.0 Å². The number of nitriles is 1. The van der Waals surface area contributed by atoms with E-state index in [-0.39, 0.29) is 0 Å². The van der Waals surface area contributed by atoms with E-state index in [2.05, 4.69) is 20.7 Å². The molecule has 0 aliphatic carbocycles. The number of nitrogens with zero attached hydrogens (tertiary/aromatic N) is 2. The van der Waals surface area contributed by atoms with E-state index in [0.717, 1.165) is 33.5 Å². The topological polar surface area (TPSA) is 76.3 Å². The lowest BCUT2D eigenvalue weighted by atomic mass is 10.0. The van der Waals surface area contributed by atoms with Crippen LogP contribution in [0.15, 0.2) is 36.4 Å². The number of methoxy groups -OCH3 is 2. The van der Waals surface area contributed by atoms with Crippen LogP contribution >= 0.6 is 0 Å². The molecule has 0 bridgehead atoms. The standard InChI is InChI=1S/C21H21N3O3/c1-5-24-19-11-15(26-3)7-8-16(19)17(12-22)20(24)14-6-9-18(13(2)10-14)23-21(25)27-4/h6-11H,5H2,1-4H3,(H,23,25). The van der Waals surface area contributed by atoms with Crippen molar-refractivity contribution in [3.63, 3.8) is 0 Å². The molecule has 1 amide bonds. The Kier molecular flexibility index (Phi) is 5.04. The predicted octanol–water partition coefficient (Wildman–Crippen LogP) is 4.70. The summed E-state index contributed by atoms with van der Waals surface area (Å²) in [5.74, 6) is 0.750. The Morgan fingerprint density at radius 3 is 2.59 bits per heavy atom. The zero-order valence-electron chi connectivity index (χ0n) is 15.8. The number of benzene rings is 2. The van der Waals surface area contributed by atoms with Crippen molar-refractivity contribution in [3.05, 3.63) is 47.5 Å². The maximum Gasteiger partial charge on any atom is 0.411 e. The summed E-state index contributed by atoms with van der Waals surface area (Å²) in [5.41, 5.74) is 4.91. The van der Waals surface area contributed by atoms with Crippen molar-refractivity contribution in [1.82, 2.24) is 4.57 Å². The Balaban J connectivity index is 2.20. The second-order valence-corrected chi connectivity index (χ2v) is 6.11. The van der Waals surface area contributed by atoms with E-state index in [9.17, 15) is 10.1 Å². The van der Waals surface area contributed by atoms with Crippen LogP contribution < -0.4 is 10.1 Å². The Morgan fingerprint density at radius 1 is 1.22 bits per heavy atom. The smallest absolute Gasteiger partial charge is 0.411 e. The summed E-state index contributed by atoms with van der Waals surface area (Å²) in [6.07, 6.45) is -0.515. The van der Waals surface area contributed by atoms with Crippen molar-refractivity contribution in [2.45, 2.75) is 20.4 Å². The average Bonchev–Trinajstić information content (AvgIpc) is 3.01. The quantitative estimate of drug-likeness (QED) is 0.729. The first-order valence-corrected chi connectivity index (χ1v) is 8.60. The lowest BCUT2D eigenvalue weighted by molar-refractivity contribution is 0.187. The molecule has 27 heavy (non-hydrogen) atoms. The van der Waals surface area contributed by atoms with Gasteiger partial charge in [0, 0.05) is 23.7 Å². The van der Waals surface area contributed by atoms with Crippen molar-refractivity contribution in [1.29, 1.82) is 5.26 Å². The number of carbonyl (C=O) groups excluding carboxylic acids is 1. The Bertz CT molecular complexity index is 1060. The van der Waals surface area contributed by atoms with E-state index >= 15 is 0 Å². The van der Waals surface area contributed by atoms with Crippen LogP contribution in [0.3, 0.4) is 0 Å². The SMILES string of the molecule is CCn1c(-c2ccc(NC(=O)OC)c(C)c2)c(C#N)c2ccc(OC)cc21. The normalized spacial score (nSPS) is 10.5. The minimum Gasteiger partial charge on any atom is -0.497 e. The highest BCUT2D eigenvalue weighted by Crippen LogP contribution is 2.36. The zero-order chi connectivity index (χ0) is 19.6. The average molecular weight is 363 g/mol. The first-order valence-electron chi connectivity index (χ1n) is 8.60. The lowest BCUT2D eigenvalue weighted by Gasteiger charge is -2.12. The summed E-state index contributed by atoms with van der Waals surface area (Å²) in [5, 5.41) is 13.4. The number of fused-ring (bicyclic) bond motifs is 1. The first-order chi connectivity index (χ1) is 13.0. The molecule has 138 valence electrons. The van der Waals surface area contributed by atoms with Gasteiger partial charge >= 0.3 is 6.09 Å². The molecule has 0 aliphatic heterocycles. The summed E-state index contributed by atoms with van der Waals surface area (Å²) >= 11 is 0. The fraction of sp³-hybridized carbons (Fsp3) is 0.238. The fourth-order valence-electron chi connectivity index (χ4n) is 3.31. The van der Waals surface area contributed by atoms with Crippen LogP contribution in [0.5, 0.6) is 5.75 Å². The molecule has 3 rings (SSSR count). The van der Waals surface area contributed by atoms with E-state index in [1.54, 1.807) is 7.11 Å². The molecule has 0 spiro atoms. The number of hydrogen-bond acceptors (Lipinski definition) is 4. The highest BCUT2D eigenvalue weighted by atomic mass is 16.5. The van der Waals surface area contributed by atoms with Crippen molar-refractivity contribution >= 4 is 22.7 Å². The maximum absolute atomic E-state index is 11.5. The molecule has 0 fully saturated rings. The molecule has 0 atom stereocenters. The summed E-state index contributed by atoms with van der Waals surface area (Å²) < 4.78 is 12.1. The van der Waals surface area contributed by atoms with Crippen molar-refractivity contribution in [2.75, 3.05) is 19.5 Å². The summed E-state index contributed by atoms with van der Waals surface area (Å²) in [7, 11) is 2.95. The number of anilines is 1. The van der Waals surface area contributed by atoms with Crippen molar-refractivity contribution in [2.24, 2.45) is 0 Å². The van der Waals surface area contributed by atoms with Crippen LogP contribution in [0.25, 0.3) is 22.2 Å². The van der Waals surface area contributed by atoms with Crippen LogP contribution in [-0.2, 0) is 11.3 Å². The van der Waals surface area contributed by atoms with Crippen LogP contribution in [0.4, 0.5) is 10.5 Å². The molecule has 1 aromatic heterocycles. The fourth-order valence-corrected chi connectivity index (χ4v) is 3.31. The minimum atomic E-state index is -0.515. The molecule has 0 unspecified atom stereocenters. The second kappa shape index (κ2) is 7.42. The molecule has 1 N–H and O–H groups in total. The molecule has 0 radical (unpaired) electrons. The molecule has 2 aromatic carbocycles. The van der Waals surface area contributed by atoms with Crippen LogP contribution in [0.1, 0.15) is 18.1 Å². The van der Waals surface area contributed by atoms with Gasteiger partial charge in [0.15, 0.2) is 0 Å². The van der Waals surface area contributed by atoms with Gasteiger partial charge in [0.1, 0.15) is 11.8 Å². The van der Waals surface area contributed by atoms with Gasteiger partial charge in [-0.3, -0.25) is 5.32 Å². The molecule has 0 saturated heterocycles. The van der Waals surface area contributed by atoms with Crippen LogP contribution in [-0.4, -0.2) is 24.9 Å². The maximum atomic E-state index is 11.5. The number of carbonyl (C=O) groups is 1. The number of nitrogens with one attached hydrogen (secondary N) is 1. The van der Waals surface area contributed by atoms with Crippen LogP contribution in [0.2, 0.25) is 0 Å². The van der Waals surface area contributed by atoms with E-state index in [1.807, 2.05) is 50.2 Å². The van der Waals surface area contributed by atoms with E-state index in [4.69, 9.17) is 4.74 Å². The molecule has 0 saturated carbocycles. The molecule has 6 heteroatoms. The molecular formula is C21H21N3O3. The number of aryl methyl sites for hydroxylation is 2. The van der Waals surface area contributed by atoms with Gasteiger partial charge in [0.2, 0.25) is 0 Å². The van der Waals surface area contributed by atoms with Crippen molar-refractivity contribution in [3.8, 4) is 23.1 Å². The van der Waals surface area contributed by atoms with E-state index in [0.29, 0.717) is 17.8 Å². The number of rotatable bonds is 4.